The van der Waals surface area contributed by atoms with Gasteiger partial charge in [-0.05, 0) is 54.9 Å². The molecule has 1 heterocycles. The number of rotatable bonds is 9. The van der Waals surface area contributed by atoms with Crippen molar-refractivity contribution in [3.63, 3.8) is 0 Å². The molecule has 3 rings (SSSR count). The number of hydrogen-bond donors (Lipinski definition) is 3. The molecule has 4 atom stereocenters. The van der Waals surface area contributed by atoms with Gasteiger partial charge >= 0.3 is 6.09 Å². The normalized spacial score (nSPS) is 23.1. The number of nitrogens with zero attached hydrogens (tertiary/aromatic N) is 1. The number of aliphatic hydroxyl groups excluding tert-OH is 2. The fourth-order valence-corrected chi connectivity index (χ4v) is 5.63. The van der Waals surface area contributed by atoms with E-state index in [1.165, 1.54) is 12.1 Å². The number of phenols is 1. The lowest BCUT2D eigenvalue weighted by atomic mass is 9.66. The quantitative estimate of drug-likeness (QED) is 0.331. The summed E-state index contributed by atoms with van der Waals surface area (Å²) >= 11 is 0. The Labute approximate surface area is 216 Å². The predicted octanol–water partition coefficient (Wildman–Crippen LogP) is 4.19. The lowest BCUT2D eigenvalue weighted by molar-refractivity contribution is -0.137. The number of hydrogen-bond acceptors (Lipinski definition) is 7. The highest BCUT2D eigenvalue weighted by Crippen LogP contribution is 2.48. The second kappa shape index (κ2) is 12.0. The van der Waals surface area contributed by atoms with Crippen LogP contribution in [0.5, 0.6) is 5.75 Å². The van der Waals surface area contributed by atoms with Crippen molar-refractivity contribution in [3.05, 3.63) is 46.3 Å². The number of amides is 3. The molecule has 1 saturated heterocycles. The minimum Gasteiger partial charge on any atom is -0.505 e. The first-order valence-electron chi connectivity index (χ1n) is 12.7. The van der Waals surface area contributed by atoms with Crippen LogP contribution in [0.4, 0.5) is 9.18 Å². The molecule has 202 valence electrons. The molecule has 0 bridgehead atoms. The van der Waals surface area contributed by atoms with Gasteiger partial charge in [0.05, 0.1) is 31.7 Å². The second-order valence-electron chi connectivity index (χ2n) is 10.1. The van der Waals surface area contributed by atoms with E-state index >= 15 is 0 Å². The van der Waals surface area contributed by atoms with Gasteiger partial charge in [0.2, 0.25) is 11.8 Å². The Kier molecular flexibility index (Phi) is 9.26. The monoisotopic (exact) mass is 517 g/mol. The van der Waals surface area contributed by atoms with Crippen molar-refractivity contribution < 1.29 is 38.8 Å². The van der Waals surface area contributed by atoms with E-state index in [-0.39, 0.29) is 12.3 Å². The number of methoxy groups -OCH3 is 1. The largest absolute Gasteiger partial charge is 0.505 e. The lowest BCUT2D eigenvalue weighted by Gasteiger charge is -2.38. The van der Waals surface area contributed by atoms with Crippen molar-refractivity contribution in [3.8, 4) is 5.75 Å². The second-order valence-corrected chi connectivity index (χ2v) is 10.1. The molecule has 37 heavy (non-hydrogen) atoms. The third-order valence-corrected chi connectivity index (χ3v) is 7.38. The van der Waals surface area contributed by atoms with E-state index in [1.54, 1.807) is 6.07 Å². The minimum absolute atomic E-state index is 0.0552. The first kappa shape index (κ1) is 28.5. The van der Waals surface area contributed by atoms with Gasteiger partial charge in [-0.3, -0.25) is 9.59 Å². The third kappa shape index (κ3) is 5.78. The van der Waals surface area contributed by atoms with Crippen LogP contribution in [-0.2, 0) is 14.3 Å². The van der Waals surface area contributed by atoms with Gasteiger partial charge in [0, 0.05) is 5.92 Å². The highest BCUT2D eigenvalue weighted by molar-refractivity contribution is 6.16. The predicted molar refractivity (Wildman–Crippen MR) is 134 cm³/mol. The Bertz CT molecular complexity index is 1110. The molecule has 0 spiro atoms. The Balaban J connectivity index is 1.90. The summed E-state index contributed by atoms with van der Waals surface area (Å²) in [5.41, 5.74) is 2.94. The van der Waals surface area contributed by atoms with Gasteiger partial charge < -0.3 is 20.1 Å². The molecule has 0 unspecified atom stereocenters. The highest BCUT2D eigenvalue weighted by Gasteiger charge is 2.57. The van der Waals surface area contributed by atoms with Gasteiger partial charge in [0.25, 0.3) is 0 Å². The number of carbonyl (C=O) groups is 3. The highest BCUT2D eigenvalue weighted by atomic mass is 19.1. The molecule has 1 aliphatic carbocycles. The minimum atomic E-state index is -1.05. The zero-order valence-corrected chi connectivity index (χ0v) is 21.7. The van der Waals surface area contributed by atoms with E-state index in [9.17, 15) is 34.1 Å². The zero-order valence-electron chi connectivity index (χ0n) is 21.7. The number of halogens is 1. The van der Waals surface area contributed by atoms with Gasteiger partial charge in [-0.25, -0.2) is 9.18 Å². The van der Waals surface area contributed by atoms with Crippen molar-refractivity contribution >= 4 is 24.0 Å². The van der Waals surface area contributed by atoms with Crippen LogP contribution >= 0.6 is 0 Å². The fraction of sp³-hybridized carbons (Fsp3) is 0.536. The number of carbonyl (C=O) groups excluding carboxylic acids is 3. The van der Waals surface area contributed by atoms with Crippen molar-refractivity contribution in [1.82, 2.24) is 4.90 Å². The number of allylic oxidation sites excluding steroid dienone is 2. The van der Waals surface area contributed by atoms with Crippen LogP contribution in [0.2, 0.25) is 0 Å². The topological polar surface area (TPSA) is 124 Å². The van der Waals surface area contributed by atoms with E-state index in [1.807, 2.05) is 26.8 Å². The third-order valence-electron chi connectivity index (χ3n) is 7.38. The van der Waals surface area contributed by atoms with E-state index < -0.39 is 59.9 Å². The van der Waals surface area contributed by atoms with Crippen LogP contribution in [0, 0.1) is 29.5 Å². The molecule has 0 saturated carbocycles. The Morgan fingerprint density at radius 2 is 1.95 bits per heavy atom. The van der Waals surface area contributed by atoms with Crippen LogP contribution in [0.25, 0.3) is 6.08 Å². The van der Waals surface area contributed by atoms with Crippen LogP contribution in [-0.4, -0.2) is 57.9 Å². The number of ether oxygens (including phenoxy) is 1. The Morgan fingerprint density at radius 3 is 2.51 bits per heavy atom. The number of imide groups is 3. The average molecular weight is 518 g/mol. The van der Waals surface area contributed by atoms with Crippen LogP contribution in [0.15, 0.2) is 34.9 Å². The summed E-state index contributed by atoms with van der Waals surface area (Å²) in [5, 5.41) is 31.2. The smallest absolute Gasteiger partial charge is 0.423 e. The maximum atomic E-state index is 13.8. The molecular formula is C28H36FNO7. The van der Waals surface area contributed by atoms with E-state index in [0.717, 1.165) is 31.1 Å². The maximum absolute atomic E-state index is 13.8. The number of aliphatic hydroxyl groups is 2. The molecule has 8 nitrogen and oxygen atoms in total. The first-order valence-corrected chi connectivity index (χ1v) is 12.7. The number of fused-ring (bicyclic) bond motifs is 1. The van der Waals surface area contributed by atoms with Gasteiger partial charge in [0.15, 0.2) is 11.6 Å². The number of aromatic hydroxyl groups is 1. The van der Waals surface area contributed by atoms with Gasteiger partial charge in [0.1, 0.15) is 0 Å². The summed E-state index contributed by atoms with van der Waals surface area (Å²) in [5.74, 6) is -5.09. The van der Waals surface area contributed by atoms with E-state index in [2.05, 4.69) is 4.74 Å². The molecule has 1 aromatic rings. The molecule has 1 aliphatic heterocycles. The molecule has 2 aliphatic rings. The van der Waals surface area contributed by atoms with Crippen LogP contribution < -0.4 is 0 Å². The molecule has 9 heteroatoms. The summed E-state index contributed by atoms with van der Waals surface area (Å²) in [6.07, 6.45) is 2.37. The van der Waals surface area contributed by atoms with Gasteiger partial charge in [-0.15, -0.1) is 0 Å². The molecule has 0 radical (unpaired) electrons. The fourth-order valence-electron chi connectivity index (χ4n) is 5.63. The molecule has 0 aromatic heterocycles. The summed E-state index contributed by atoms with van der Waals surface area (Å²) in [6, 6.07) is 4.16. The molecule has 3 N–H and O–H groups in total. The average Bonchev–Trinajstić information content (AvgIpc) is 3.12. The molecule has 1 aromatic carbocycles. The Hall–Kier alpha value is -3.04. The molecular weight excluding hydrogens is 481 g/mol. The van der Waals surface area contributed by atoms with Crippen molar-refractivity contribution in [1.29, 1.82) is 0 Å². The van der Waals surface area contributed by atoms with Gasteiger partial charge in [-0.2, -0.15) is 4.90 Å². The summed E-state index contributed by atoms with van der Waals surface area (Å²) in [6.45, 7) is 5.41. The van der Waals surface area contributed by atoms with E-state index in [4.69, 9.17) is 0 Å². The maximum Gasteiger partial charge on any atom is 0.423 e. The van der Waals surface area contributed by atoms with Crippen LogP contribution in [0.3, 0.4) is 0 Å². The van der Waals surface area contributed by atoms with E-state index in [0.29, 0.717) is 28.9 Å². The summed E-state index contributed by atoms with van der Waals surface area (Å²) in [7, 11) is 1.09. The first-order chi connectivity index (χ1) is 17.5. The Morgan fingerprint density at radius 1 is 1.24 bits per heavy atom. The van der Waals surface area contributed by atoms with Crippen molar-refractivity contribution in [2.45, 2.75) is 59.0 Å². The summed E-state index contributed by atoms with van der Waals surface area (Å²) in [4.78, 5) is 38.7. The number of likely N-dealkylation sites (tertiary alicyclic amines) is 1. The number of phenolic OH excluding ortho intramolecular Hbond substituents is 1. The number of benzene rings is 1. The summed E-state index contributed by atoms with van der Waals surface area (Å²) < 4.78 is 18.4. The standard InChI is InChI=1S/C28H36FNO7/c1-5-6-16(11-17-8-9-22(32)21(29)12-17)7-10-23(33)24-18(15(2)3)13-19-25(20(24)14-31)27(35)30(26(19)34)28(36)37-4/h8-9,11-12,15,19-20,23,25,31-33H,5-7,10,13-14H2,1-4H3/b16-11+/t19-,20+,23-,25-/m1/s1. The zero-order chi connectivity index (χ0) is 27.4. The van der Waals surface area contributed by atoms with Crippen molar-refractivity contribution in [2.24, 2.45) is 23.7 Å². The van der Waals surface area contributed by atoms with Gasteiger partial charge in [-0.1, -0.05) is 50.5 Å². The lowest BCUT2D eigenvalue weighted by Crippen LogP contribution is -2.40. The molecule has 3 amide bonds. The molecule has 1 fully saturated rings. The SMILES string of the molecule is CCC/C(=C\c1ccc(O)c(F)c1)CC[C@@H](O)C1=C(C(C)C)C[C@H]2C(=O)N(C(=O)OC)C(=O)[C@H]2[C@H]1CO. The van der Waals surface area contributed by atoms with Crippen molar-refractivity contribution in [2.75, 3.05) is 13.7 Å². The van der Waals surface area contributed by atoms with Crippen LogP contribution in [0.1, 0.15) is 58.4 Å².